The third-order valence-electron chi connectivity index (χ3n) is 7.51. The fourth-order valence-electron chi connectivity index (χ4n) is 5.26. The minimum Gasteiger partial charge on any atom is -0.493 e. The van der Waals surface area contributed by atoms with Gasteiger partial charge in [-0.25, -0.2) is 0 Å². The van der Waals surface area contributed by atoms with E-state index in [9.17, 15) is 9.59 Å². The molecule has 9 heteroatoms. The van der Waals surface area contributed by atoms with Gasteiger partial charge in [-0.05, 0) is 44.0 Å². The van der Waals surface area contributed by atoms with Crippen LogP contribution in [0.15, 0.2) is 47.0 Å². The summed E-state index contributed by atoms with van der Waals surface area (Å²) in [6, 6.07) is 10.9. The van der Waals surface area contributed by atoms with Gasteiger partial charge in [0.25, 0.3) is 5.91 Å². The first-order chi connectivity index (χ1) is 18.4. The van der Waals surface area contributed by atoms with Gasteiger partial charge in [0.15, 0.2) is 17.3 Å². The molecule has 1 aliphatic carbocycles. The first-order valence-corrected chi connectivity index (χ1v) is 12.7. The highest BCUT2D eigenvalue weighted by atomic mass is 16.5. The van der Waals surface area contributed by atoms with Crippen molar-refractivity contribution in [2.24, 2.45) is 5.41 Å². The minimum absolute atomic E-state index is 0.0618. The molecule has 4 aromatic rings. The molecular weight excluding hydrogens is 486 g/mol. The van der Waals surface area contributed by atoms with Gasteiger partial charge >= 0.3 is 0 Å². The molecule has 0 radical (unpaired) electrons. The number of rotatable bonds is 8. The molecule has 1 saturated heterocycles. The van der Waals surface area contributed by atoms with E-state index < -0.39 is 0 Å². The van der Waals surface area contributed by atoms with E-state index in [0.29, 0.717) is 70.9 Å². The highest BCUT2D eigenvalue weighted by Gasteiger charge is 2.54. The molecule has 3 heterocycles. The number of aromatic nitrogens is 1. The molecule has 9 nitrogen and oxygen atoms in total. The Morgan fingerprint density at radius 1 is 1.13 bits per heavy atom. The number of hydrogen-bond acceptors (Lipinski definition) is 8. The molecule has 0 atom stereocenters. The number of likely N-dealkylation sites (tertiary alicyclic amines) is 1. The zero-order chi connectivity index (χ0) is 26.4. The summed E-state index contributed by atoms with van der Waals surface area (Å²) in [4.78, 5) is 31.1. The largest absolute Gasteiger partial charge is 0.493 e. The van der Waals surface area contributed by atoms with Gasteiger partial charge in [0.1, 0.15) is 29.4 Å². The molecule has 0 bridgehead atoms. The first kappa shape index (κ1) is 24.2. The van der Waals surface area contributed by atoms with Crippen LogP contribution in [-0.2, 0) is 4.79 Å². The van der Waals surface area contributed by atoms with E-state index in [1.807, 2.05) is 18.2 Å². The summed E-state index contributed by atoms with van der Waals surface area (Å²) in [6.45, 7) is 4.24. The maximum atomic E-state index is 12.2. The van der Waals surface area contributed by atoms with Crippen molar-refractivity contribution >= 4 is 33.6 Å². The summed E-state index contributed by atoms with van der Waals surface area (Å²) in [5, 5.41) is 4.14. The van der Waals surface area contributed by atoms with E-state index >= 15 is 0 Å². The van der Waals surface area contributed by atoms with Crippen LogP contribution in [0.2, 0.25) is 0 Å². The van der Waals surface area contributed by atoms with E-state index in [1.54, 1.807) is 45.5 Å². The van der Waals surface area contributed by atoms with Gasteiger partial charge in [-0.3, -0.25) is 19.5 Å². The average Bonchev–Trinajstić information content (AvgIpc) is 3.53. The van der Waals surface area contributed by atoms with Crippen LogP contribution < -0.4 is 19.5 Å². The Hall–Kier alpha value is -4.11. The van der Waals surface area contributed by atoms with Crippen LogP contribution in [0, 0.1) is 12.3 Å². The van der Waals surface area contributed by atoms with E-state index in [0.717, 1.165) is 30.2 Å². The number of nitrogens with one attached hydrogen (secondary N) is 1. The number of benzene rings is 2. The van der Waals surface area contributed by atoms with Crippen molar-refractivity contribution in [3.8, 4) is 23.0 Å². The number of nitrogens with zero attached hydrogens (tertiary/aromatic N) is 2. The SMILES string of the molecule is CNC(=O)c1c(C)oc2cc(Oc3ccnc4cc(OCCN5CC(=O)C6(CC6)C5)c(OC)cc34)ccc12. The summed E-state index contributed by atoms with van der Waals surface area (Å²) in [5.74, 6) is 3.04. The van der Waals surface area contributed by atoms with E-state index in [2.05, 4.69) is 15.2 Å². The molecule has 2 fully saturated rings. The fourth-order valence-corrected chi connectivity index (χ4v) is 5.26. The smallest absolute Gasteiger partial charge is 0.255 e. The number of hydrogen-bond donors (Lipinski definition) is 1. The summed E-state index contributed by atoms with van der Waals surface area (Å²) >= 11 is 0. The minimum atomic E-state index is -0.194. The van der Waals surface area contributed by atoms with Crippen LogP contribution in [0.5, 0.6) is 23.0 Å². The van der Waals surface area contributed by atoms with Crippen molar-refractivity contribution in [2.45, 2.75) is 19.8 Å². The maximum Gasteiger partial charge on any atom is 0.255 e. The van der Waals surface area contributed by atoms with Crippen molar-refractivity contribution in [1.29, 1.82) is 0 Å². The molecule has 2 aromatic heterocycles. The molecule has 1 aliphatic heterocycles. The lowest BCUT2D eigenvalue weighted by atomic mass is 10.1. The molecule has 1 saturated carbocycles. The van der Waals surface area contributed by atoms with Crippen LogP contribution in [0.4, 0.5) is 0 Å². The summed E-state index contributed by atoms with van der Waals surface area (Å²) in [7, 11) is 3.19. The fraction of sp³-hybridized carbons (Fsp3) is 0.345. The molecule has 6 rings (SSSR count). The second-order valence-corrected chi connectivity index (χ2v) is 9.96. The number of ketones is 1. The molecule has 1 N–H and O–H groups in total. The number of ether oxygens (including phenoxy) is 3. The predicted octanol–water partition coefficient (Wildman–Crippen LogP) is 4.49. The molecule has 196 valence electrons. The number of furan rings is 1. The number of methoxy groups -OCH3 is 1. The van der Waals surface area contributed by atoms with Crippen LogP contribution in [0.25, 0.3) is 21.9 Å². The molecule has 2 aromatic carbocycles. The number of Topliss-reactive ketones (excluding diaryl/α,β-unsaturated/α-hetero) is 1. The summed E-state index contributed by atoms with van der Waals surface area (Å²) in [6.07, 6.45) is 3.71. The monoisotopic (exact) mass is 515 g/mol. The third kappa shape index (κ3) is 4.22. The normalized spacial score (nSPS) is 16.3. The van der Waals surface area contributed by atoms with Crippen molar-refractivity contribution in [2.75, 3.05) is 40.4 Å². The molecule has 2 aliphatic rings. The standard InChI is InChI=1S/C29H29N3O6/c1-17-27(28(34)30-2)19-5-4-18(12-23(19)37-17)38-22-6-9-31-21-14-25(24(35-3)13-20(21)22)36-11-10-32-15-26(33)29(16-32)7-8-29/h4-6,9,12-14H,7-8,10-11,15-16H2,1-3H3,(H,30,34). The molecule has 0 unspecified atom stereocenters. The Bertz CT molecular complexity index is 1570. The van der Waals surface area contributed by atoms with Gasteiger partial charge in [0, 0.05) is 54.7 Å². The number of pyridine rings is 1. The Labute approximate surface area is 219 Å². The topological polar surface area (TPSA) is 103 Å². The lowest BCUT2D eigenvalue weighted by Gasteiger charge is -2.17. The lowest BCUT2D eigenvalue weighted by Crippen LogP contribution is -2.26. The number of amides is 1. The average molecular weight is 516 g/mol. The Morgan fingerprint density at radius 2 is 1.97 bits per heavy atom. The zero-order valence-electron chi connectivity index (χ0n) is 21.6. The lowest BCUT2D eigenvalue weighted by molar-refractivity contribution is -0.120. The van der Waals surface area contributed by atoms with Gasteiger partial charge in [-0.1, -0.05) is 0 Å². The zero-order valence-corrected chi connectivity index (χ0v) is 21.6. The first-order valence-electron chi connectivity index (χ1n) is 12.7. The van der Waals surface area contributed by atoms with Crippen molar-refractivity contribution in [3.63, 3.8) is 0 Å². The van der Waals surface area contributed by atoms with Gasteiger partial charge in [0.05, 0.1) is 24.7 Å². The highest BCUT2D eigenvalue weighted by molar-refractivity contribution is 6.07. The third-order valence-corrected chi connectivity index (χ3v) is 7.51. The Morgan fingerprint density at radius 3 is 2.71 bits per heavy atom. The second-order valence-electron chi connectivity index (χ2n) is 9.96. The molecule has 38 heavy (non-hydrogen) atoms. The van der Waals surface area contributed by atoms with Crippen molar-refractivity contribution < 1.29 is 28.2 Å². The van der Waals surface area contributed by atoms with Crippen molar-refractivity contribution in [1.82, 2.24) is 15.2 Å². The quantitative estimate of drug-likeness (QED) is 0.366. The van der Waals surface area contributed by atoms with Gasteiger partial charge in [-0.15, -0.1) is 0 Å². The number of carbonyl (C=O) groups is 2. The molecule has 1 spiro atoms. The summed E-state index contributed by atoms with van der Waals surface area (Å²) < 4.78 is 23.7. The highest BCUT2D eigenvalue weighted by Crippen LogP contribution is 2.50. The van der Waals surface area contributed by atoms with Crippen LogP contribution >= 0.6 is 0 Å². The number of aryl methyl sites for hydroxylation is 1. The van der Waals surface area contributed by atoms with Gasteiger partial charge in [-0.2, -0.15) is 0 Å². The molecule has 1 amide bonds. The molecular formula is C29H29N3O6. The van der Waals surface area contributed by atoms with Gasteiger partial charge in [0.2, 0.25) is 0 Å². The van der Waals surface area contributed by atoms with Gasteiger partial charge < -0.3 is 23.9 Å². The maximum absolute atomic E-state index is 12.2. The predicted molar refractivity (Wildman–Crippen MR) is 141 cm³/mol. The van der Waals surface area contributed by atoms with E-state index in [4.69, 9.17) is 18.6 Å². The van der Waals surface area contributed by atoms with Crippen LogP contribution in [0.1, 0.15) is 29.0 Å². The second kappa shape index (κ2) is 9.33. The number of carbonyl (C=O) groups excluding carboxylic acids is 2. The van der Waals surface area contributed by atoms with Crippen LogP contribution in [-0.4, -0.2) is 62.0 Å². The van der Waals surface area contributed by atoms with E-state index in [1.165, 1.54) is 0 Å². The summed E-state index contributed by atoms with van der Waals surface area (Å²) in [5.41, 5.74) is 1.72. The number of fused-ring (bicyclic) bond motifs is 2. The Balaban J connectivity index is 1.22. The van der Waals surface area contributed by atoms with E-state index in [-0.39, 0.29) is 11.3 Å². The van der Waals surface area contributed by atoms with Crippen LogP contribution in [0.3, 0.4) is 0 Å². The Kier molecular flexibility index (Phi) is 5.95. The van der Waals surface area contributed by atoms with Crippen molar-refractivity contribution in [3.05, 3.63) is 53.9 Å².